The van der Waals surface area contributed by atoms with Crippen LogP contribution in [-0.2, 0) is 4.79 Å². The number of amides is 1. The number of aryl methyl sites for hydroxylation is 1. The monoisotopic (exact) mass is 405 g/mol. The fourth-order valence-electron chi connectivity index (χ4n) is 3.29. The number of nitrogens with zero attached hydrogens (tertiary/aromatic N) is 3. The number of carbonyl (C=O) groups is 1. The van der Waals surface area contributed by atoms with Crippen LogP contribution >= 0.6 is 0 Å². The van der Waals surface area contributed by atoms with Crippen molar-refractivity contribution in [3.8, 4) is 0 Å². The molecule has 0 radical (unpaired) electrons. The molecule has 1 aliphatic heterocycles. The first kappa shape index (κ1) is 21.0. The van der Waals surface area contributed by atoms with E-state index in [2.05, 4.69) is 39.3 Å². The molecular weight excluding hydrogens is 381 g/mol. The Hall–Kier alpha value is -3.74. The van der Waals surface area contributed by atoms with Gasteiger partial charge in [-0.3, -0.25) is 4.79 Å². The second kappa shape index (κ2) is 9.17. The van der Waals surface area contributed by atoms with Gasteiger partial charge < -0.3 is 16.0 Å². The number of nitrogens with two attached hydrogens (primary N) is 1. The predicted octanol–water partition coefficient (Wildman–Crippen LogP) is 4.64. The van der Waals surface area contributed by atoms with Crippen LogP contribution in [0.1, 0.15) is 37.2 Å². The summed E-state index contributed by atoms with van der Waals surface area (Å²) >= 11 is 0. The second-order valence-electron chi connectivity index (χ2n) is 6.77. The van der Waals surface area contributed by atoms with E-state index in [9.17, 15) is 9.18 Å². The van der Waals surface area contributed by atoms with Crippen molar-refractivity contribution in [2.24, 2.45) is 0 Å². The predicted molar refractivity (Wildman–Crippen MR) is 118 cm³/mol. The zero-order valence-electron chi connectivity index (χ0n) is 17.2. The van der Waals surface area contributed by atoms with Gasteiger partial charge in [0.1, 0.15) is 0 Å². The standard InChI is InChI=1S/C23H24FN5O/c1-4-6-19-12-16(23-26-13-20(24)22(25)28-23)7-8-29(19)21(5-2)17-9-15(3)10-18(11-17)27-14-30/h5-14H,4H2,1-3H3,(H,27,30)(H2,25,26,28)/b19-6+,21-5-. The Kier molecular flexibility index (Phi) is 6.41. The minimum absolute atomic E-state index is 0.179. The Balaban J connectivity index is 2.01. The van der Waals surface area contributed by atoms with Gasteiger partial charge in [0, 0.05) is 34.4 Å². The highest BCUT2D eigenvalue weighted by molar-refractivity contribution is 5.80. The van der Waals surface area contributed by atoms with Crippen molar-refractivity contribution >= 4 is 29.2 Å². The van der Waals surface area contributed by atoms with Crippen LogP contribution in [0.4, 0.5) is 15.9 Å². The second-order valence-corrected chi connectivity index (χ2v) is 6.77. The van der Waals surface area contributed by atoms with Crippen molar-refractivity contribution < 1.29 is 9.18 Å². The SMILES string of the molecule is C/C=C(/c1cc(C)cc(NC=O)c1)N1C=CC(c2ncc(F)c(N)n2)=C/C1=C\CC. The van der Waals surface area contributed by atoms with Crippen molar-refractivity contribution in [2.75, 3.05) is 11.1 Å². The number of benzene rings is 1. The number of aromatic nitrogens is 2. The Labute approximate surface area is 175 Å². The van der Waals surface area contributed by atoms with E-state index >= 15 is 0 Å². The average Bonchev–Trinajstić information content (AvgIpc) is 2.72. The summed E-state index contributed by atoms with van der Waals surface area (Å²) in [5.74, 6) is -0.454. The molecule has 1 amide bonds. The van der Waals surface area contributed by atoms with Gasteiger partial charge in [-0.15, -0.1) is 0 Å². The highest BCUT2D eigenvalue weighted by atomic mass is 19.1. The molecule has 2 aromatic rings. The van der Waals surface area contributed by atoms with Crippen LogP contribution in [0.25, 0.3) is 11.3 Å². The Morgan fingerprint density at radius 3 is 2.80 bits per heavy atom. The largest absolute Gasteiger partial charge is 0.381 e. The molecule has 0 saturated heterocycles. The molecule has 0 bridgehead atoms. The minimum Gasteiger partial charge on any atom is -0.381 e. The van der Waals surface area contributed by atoms with Gasteiger partial charge >= 0.3 is 0 Å². The number of hydrogen-bond donors (Lipinski definition) is 2. The maximum absolute atomic E-state index is 13.4. The van der Waals surface area contributed by atoms with Crippen LogP contribution in [-0.4, -0.2) is 21.3 Å². The quantitative estimate of drug-likeness (QED) is 0.684. The van der Waals surface area contributed by atoms with Crippen molar-refractivity contribution in [1.82, 2.24) is 14.9 Å². The molecule has 0 fully saturated rings. The maximum Gasteiger partial charge on any atom is 0.211 e. The highest BCUT2D eigenvalue weighted by Gasteiger charge is 2.18. The summed E-state index contributed by atoms with van der Waals surface area (Å²) in [4.78, 5) is 21.1. The third-order valence-electron chi connectivity index (χ3n) is 4.56. The van der Waals surface area contributed by atoms with Crippen LogP contribution in [0.3, 0.4) is 0 Å². The van der Waals surface area contributed by atoms with Crippen LogP contribution in [0.5, 0.6) is 0 Å². The average molecular weight is 405 g/mol. The summed E-state index contributed by atoms with van der Waals surface area (Å²) < 4.78 is 13.4. The molecule has 0 unspecified atom stereocenters. The first-order chi connectivity index (χ1) is 14.5. The van der Waals surface area contributed by atoms with E-state index in [-0.39, 0.29) is 5.82 Å². The molecule has 1 aromatic carbocycles. The molecule has 3 N–H and O–H groups in total. The molecule has 7 heteroatoms. The van der Waals surface area contributed by atoms with Gasteiger partial charge in [-0.05, 0) is 56.2 Å². The van der Waals surface area contributed by atoms with Gasteiger partial charge in [-0.25, -0.2) is 14.4 Å². The van der Waals surface area contributed by atoms with Crippen molar-refractivity contribution in [1.29, 1.82) is 0 Å². The topological polar surface area (TPSA) is 84.1 Å². The van der Waals surface area contributed by atoms with Crippen LogP contribution in [0, 0.1) is 12.7 Å². The molecule has 1 aromatic heterocycles. The molecule has 30 heavy (non-hydrogen) atoms. The molecule has 1 aliphatic rings. The van der Waals surface area contributed by atoms with E-state index in [0.717, 1.165) is 46.4 Å². The van der Waals surface area contributed by atoms with Crippen molar-refractivity contribution in [3.05, 3.63) is 83.4 Å². The summed E-state index contributed by atoms with van der Waals surface area (Å²) in [5, 5.41) is 2.72. The summed E-state index contributed by atoms with van der Waals surface area (Å²) in [5.41, 5.74) is 11.0. The molecule has 0 aliphatic carbocycles. The smallest absolute Gasteiger partial charge is 0.211 e. The number of hydrogen-bond acceptors (Lipinski definition) is 5. The van der Waals surface area contributed by atoms with E-state index in [1.54, 1.807) is 0 Å². The molecule has 154 valence electrons. The van der Waals surface area contributed by atoms with Gasteiger partial charge in [-0.2, -0.15) is 0 Å². The summed E-state index contributed by atoms with van der Waals surface area (Å²) in [6, 6.07) is 5.90. The van der Waals surface area contributed by atoms with Crippen LogP contribution in [0.15, 0.2) is 60.6 Å². The number of anilines is 2. The zero-order valence-corrected chi connectivity index (χ0v) is 17.2. The van der Waals surface area contributed by atoms with Crippen LogP contribution in [0.2, 0.25) is 0 Å². The summed E-state index contributed by atoms with van der Waals surface area (Å²) in [6.45, 7) is 6.00. The normalized spacial score (nSPS) is 15.3. The van der Waals surface area contributed by atoms with Gasteiger partial charge in [0.05, 0.1) is 6.20 Å². The molecule has 2 heterocycles. The Bertz CT molecular complexity index is 1080. The lowest BCUT2D eigenvalue weighted by Gasteiger charge is -2.29. The van der Waals surface area contributed by atoms with Crippen molar-refractivity contribution in [2.45, 2.75) is 27.2 Å². The molecule has 3 rings (SSSR count). The fourth-order valence-corrected chi connectivity index (χ4v) is 3.29. The Morgan fingerprint density at radius 2 is 2.13 bits per heavy atom. The third-order valence-corrected chi connectivity index (χ3v) is 4.56. The fraction of sp³-hybridized carbons (Fsp3) is 0.174. The first-order valence-electron chi connectivity index (χ1n) is 9.63. The van der Waals surface area contributed by atoms with Gasteiger partial charge in [0.15, 0.2) is 17.5 Å². The van der Waals surface area contributed by atoms with E-state index < -0.39 is 5.82 Å². The number of rotatable bonds is 6. The number of carbonyl (C=O) groups excluding carboxylic acids is 1. The van der Waals surface area contributed by atoms with Gasteiger partial charge in [0.2, 0.25) is 6.41 Å². The lowest BCUT2D eigenvalue weighted by molar-refractivity contribution is -0.105. The lowest BCUT2D eigenvalue weighted by atomic mass is 10.0. The zero-order chi connectivity index (χ0) is 21.7. The lowest BCUT2D eigenvalue weighted by Crippen LogP contribution is -2.17. The number of nitrogen functional groups attached to an aromatic ring is 1. The molecule has 0 saturated carbocycles. The molecule has 0 spiro atoms. The minimum atomic E-state index is -0.638. The summed E-state index contributed by atoms with van der Waals surface area (Å²) in [6.07, 6.45) is 12.4. The summed E-state index contributed by atoms with van der Waals surface area (Å²) in [7, 11) is 0. The molecule has 0 atom stereocenters. The van der Waals surface area contributed by atoms with Crippen LogP contribution < -0.4 is 11.1 Å². The highest BCUT2D eigenvalue weighted by Crippen LogP contribution is 2.32. The Morgan fingerprint density at radius 1 is 1.33 bits per heavy atom. The van der Waals surface area contributed by atoms with Gasteiger partial charge in [0.25, 0.3) is 0 Å². The molecular formula is C23H24FN5O. The number of nitrogens with one attached hydrogen (secondary N) is 1. The number of halogens is 1. The third kappa shape index (κ3) is 4.46. The van der Waals surface area contributed by atoms with E-state index in [1.807, 2.05) is 50.4 Å². The first-order valence-corrected chi connectivity index (χ1v) is 9.63. The number of allylic oxidation sites excluding steroid dienone is 5. The van der Waals surface area contributed by atoms with E-state index in [0.29, 0.717) is 12.2 Å². The van der Waals surface area contributed by atoms with Gasteiger partial charge in [-0.1, -0.05) is 19.1 Å². The maximum atomic E-state index is 13.4. The van der Waals surface area contributed by atoms with Crippen molar-refractivity contribution in [3.63, 3.8) is 0 Å². The van der Waals surface area contributed by atoms with E-state index in [1.165, 1.54) is 0 Å². The molecule has 6 nitrogen and oxygen atoms in total. The van der Waals surface area contributed by atoms with E-state index in [4.69, 9.17) is 5.73 Å².